The zero-order valence-corrected chi connectivity index (χ0v) is 12.3. The van der Waals surface area contributed by atoms with Gasteiger partial charge in [0.2, 0.25) is 0 Å². The normalized spacial score (nSPS) is 12.4. The first-order valence-electron chi connectivity index (χ1n) is 6.08. The van der Waals surface area contributed by atoms with Crippen molar-refractivity contribution in [1.29, 1.82) is 0 Å². The second kappa shape index (κ2) is 6.41. The highest BCUT2D eigenvalue weighted by molar-refractivity contribution is 9.10. The Bertz CT molecular complexity index is 596. The molecule has 0 heterocycles. The summed E-state index contributed by atoms with van der Waals surface area (Å²) >= 11 is 3.32. The highest BCUT2D eigenvalue weighted by Gasteiger charge is 2.20. The summed E-state index contributed by atoms with van der Waals surface area (Å²) in [6.45, 7) is 0. The minimum Gasteiger partial charge on any atom is -0.313 e. The van der Waals surface area contributed by atoms with Crippen molar-refractivity contribution in [2.24, 2.45) is 0 Å². The zero-order valence-electron chi connectivity index (χ0n) is 10.8. The van der Waals surface area contributed by atoms with Crippen molar-refractivity contribution in [2.75, 3.05) is 7.05 Å². The van der Waals surface area contributed by atoms with Gasteiger partial charge in [-0.05, 0) is 49.4 Å². The average Bonchev–Trinajstić information content (AvgIpc) is 2.41. The van der Waals surface area contributed by atoms with Crippen LogP contribution >= 0.6 is 15.9 Å². The molecule has 0 amide bonds. The maximum atomic E-state index is 13.8. The number of hydrogen-bond acceptors (Lipinski definition) is 1. The summed E-state index contributed by atoms with van der Waals surface area (Å²) in [5.74, 6) is -1.61. The molecule has 0 saturated heterocycles. The monoisotopic (exact) mass is 343 g/mol. The summed E-state index contributed by atoms with van der Waals surface area (Å²) < 4.78 is 41.6. The molecule has 20 heavy (non-hydrogen) atoms. The number of rotatable bonds is 4. The summed E-state index contributed by atoms with van der Waals surface area (Å²) in [4.78, 5) is 0. The molecule has 0 spiro atoms. The van der Waals surface area contributed by atoms with Gasteiger partial charge in [-0.3, -0.25) is 0 Å². The van der Waals surface area contributed by atoms with E-state index in [1.54, 1.807) is 13.1 Å². The maximum Gasteiger partial charge on any atom is 0.130 e. The molecular formula is C15H13BrF3N. The van der Waals surface area contributed by atoms with Crippen LogP contribution in [0.5, 0.6) is 0 Å². The Hall–Kier alpha value is -1.33. The molecule has 1 N–H and O–H groups in total. The number of hydrogen-bond donors (Lipinski definition) is 1. The SMILES string of the molecule is CNC(Cc1cc(F)ccc1Br)c1c(F)cccc1F. The molecule has 2 aromatic carbocycles. The second-order valence-electron chi connectivity index (χ2n) is 4.42. The van der Waals surface area contributed by atoms with Gasteiger partial charge in [-0.2, -0.15) is 0 Å². The molecule has 2 rings (SSSR count). The van der Waals surface area contributed by atoms with E-state index in [-0.39, 0.29) is 17.8 Å². The summed E-state index contributed by atoms with van der Waals surface area (Å²) in [5.41, 5.74) is 0.609. The highest BCUT2D eigenvalue weighted by atomic mass is 79.9. The topological polar surface area (TPSA) is 12.0 Å². The van der Waals surface area contributed by atoms with Gasteiger partial charge in [0.25, 0.3) is 0 Å². The Morgan fingerprint density at radius 1 is 1.10 bits per heavy atom. The first-order chi connectivity index (χ1) is 9.52. The molecule has 1 nitrogen and oxygen atoms in total. The maximum absolute atomic E-state index is 13.8. The Morgan fingerprint density at radius 2 is 1.75 bits per heavy atom. The van der Waals surface area contributed by atoms with E-state index >= 15 is 0 Å². The van der Waals surface area contributed by atoms with E-state index in [1.165, 1.54) is 30.3 Å². The zero-order chi connectivity index (χ0) is 14.7. The molecule has 0 radical (unpaired) electrons. The molecule has 1 atom stereocenters. The van der Waals surface area contributed by atoms with Gasteiger partial charge in [-0.1, -0.05) is 22.0 Å². The Balaban J connectivity index is 2.36. The minimum absolute atomic E-state index is 0.0360. The van der Waals surface area contributed by atoms with E-state index in [0.29, 0.717) is 10.0 Å². The van der Waals surface area contributed by atoms with E-state index in [1.807, 2.05) is 0 Å². The molecule has 0 aliphatic rings. The molecule has 0 aliphatic heterocycles. The standard InChI is InChI=1S/C15H13BrF3N/c1-20-14(15-12(18)3-2-4-13(15)19)8-9-7-10(17)5-6-11(9)16/h2-7,14,20H,8H2,1H3. The third-order valence-corrected chi connectivity index (χ3v) is 3.90. The third kappa shape index (κ3) is 3.22. The first-order valence-corrected chi connectivity index (χ1v) is 6.87. The molecule has 1 unspecified atom stereocenters. The average molecular weight is 344 g/mol. The van der Waals surface area contributed by atoms with Gasteiger partial charge in [0, 0.05) is 16.1 Å². The summed E-state index contributed by atoms with van der Waals surface area (Å²) in [5, 5.41) is 2.87. The van der Waals surface area contributed by atoms with Crippen LogP contribution in [0.15, 0.2) is 40.9 Å². The Labute approximate surface area is 123 Å². The van der Waals surface area contributed by atoms with Crippen LogP contribution < -0.4 is 5.32 Å². The van der Waals surface area contributed by atoms with E-state index in [9.17, 15) is 13.2 Å². The molecule has 0 fully saturated rings. The van der Waals surface area contributed by atoms with E-state index < -0.39 is 17.7 Å². The first kappa shape index (κ1) is 15.1. The van der Waals surface area contributed by atoms with Crippen LogP contribution in [-0.2, 0) is 6.42 Å². The van der Waals surface area contributed by atoms with Crippen LogP contribution in [0.4, 0.5) is 13.2 Å². The van der Waals surface area contributed by atoms with E-state index in [0.717, 1.165) is 0 Å². The second-order valence-corrected chi connectivity index (χ2v) is 5.27. The van der Waals surface area contributed by atoms with Crippen LogP contribution in [0.3, 0.4) is 0 Å². The van der Waals surface area contributed by atoms with Crippen LogP contribution in [0.1, 0.15) is 17.2 Å². The molecule has 0 aromatic heterocycles. The Kier molecular flexibility index (Phi) is 4.83. The van der Waals surface area contributed by atoms with Gasteiger partial charge in [-0.25, -0.2) is 13.2 Å². The van der Waals surface area contributed by atoms with Gasteiger partial charge in [0.05, 0.1) is 0 Å². The lowest BCUT2D eigenvalue weighted by Gasteiger charge is -2.19. The van der Waals surface area contributed by atoms with Crippen molar-refractivity contribution in [3.8, 4) is 0 Å². The fourth-order valence-corrected chi connectivity index (χ4v) is 2.52. The molecule has 0 bridgehead atoms. The van der Waals surface area contributed by atoms with E-state index in [4.69, 9.17) is 0 Å². The molecule has 2 aromatic rings. The molecule has 0 aliphatic carbocycles. The minimum atomic E-state index is -0.614. The van der Waals surface area contributed by atoms with Crippen LogP contribution in [0, 0.1) is 17.5 Å². The third-order valence-electron chi connectivity index (χ3n) is 3.13. The smallest absolute Gasteiger partial charge is 0.130 e. The van der Waals surface area contributed by atoms with Gasteiger partial charge in [0.1, 0.15) is 17.5 Å². The summed E-state index contributed by atoms with van der Waals surface area (Å²) in [6, 6.07) is 7.42. The van der Waals surface area contributed by atoms with Crippen LogP contribution in [-0.4, -0.2) is 7.05 Å². The number of nitrogens with one attached hydrogen (secondary N) is 1. The van der Waals surface area contributed by atoms with Crippen molar-refractivity contribution in [3.05, 3.63) is 69.4 Å². The van der Waals surface area contributed by atoms with Gasteiger partial charge < -0.3 is 5.32 Å². The highest BCUT2D eigenvalue weighted by Crippen LogP contribution is 2.27. The van der Waals surface area contributed by atoms with Crippen LogP contribution in [0.2, 0.25) is 0 Å². The predicted octanol–water partition coefficient (Wildman–Crippen LogP) is 4.37. The lowest BCUT2D eigenvalue weighted by Crippen LogP contribution is -2.21. The van der Waals surface area contributed by atoms with Gasteiger partial charge >= 0.3 is 0 Å². The van der Waals surface area contributed by atoms with E-state index in [2.05, 4.69) is 21.2 Å². The van der Waals surface area contributed by atoms with Crippen molar-refractivity contribution >= 4 is 15.9 Å². The van der Waals surface area contributed by atoms with Gasteiger partial charge in [0.15, 0.2) is 0 Å². The fraction of sp³-hybridized carbons (Fsp3) is 0.200. The lowest BCUT2D eigenvalue weighted by molar-refractivity contribution is 0.488. The van der Waals surface area contributed by atoms with Gasteiger partial charge in [-0.15, -0.1) is 0 Å². The van der Waals surface area contributed by atoms with Crippen molar-refractivity contribution in [2.45, 2.75) is 12.5 Å². The van der Waals surface area contributed by atoms with Crippen molar-refractivity contribution in [3.63, 3.8) is 0 Å². The molecular weight excluding hydrogens is 331 g/mol. The molecule has 0 saturated carbocycles. The van der Waals surface area contributed by atoms with Crippen molar-refractivity contribution < 1.29 is 13.2 Å². The van der Waals surface area contributed by atoms with Crippen molar-refractivity contribution in [1.82, 2.24) is 5.32 Å². The molecule has 106 valence electrons. The number of likely N-dealkylation sites (N-methyl/N-ethyl adjacent to an activating group) is 1. The number of benzene rings is 2. The lowest BCUT2D eigenvalue weighted by atomic mass is 9.98. The predicted molar refractivity (Wildman–Crippen MR) is 76.0 cm³/mol. The summed E-state index contributed by atoms with van der Waals surface area (Å²) in [6.07, 6.45) is 0.271. The largest absolute Gasteiger partial charge is 0.313 e. The fourth-order valence-electron chi connectivity index (χ4n) is 2.11. The summed E-state index contributed by atoms with van der Waals surface area (Å²) in [7, 11) is 1.61. The Morgan fingerprint density at radius 3 is 2.35 bits per heavy atom. The van der Waals surface area contributed by atoms with Crippen LogP contribution in [0.25, 0.3) is 0 Å². The number of halogens is 4. The molecule has 5 heteroatoms. The quantitative estimate of drug-likeness (QED) is 0.869.